The van der Waals surface area contributed by atoms with Crippen LogP contribution in [0.3, 0.4) is 0 Å². The highest BCUT2D eigenvalue weighted by Crippen LogP contribution is 2.41. The van der Waals surface area contributed by atoms with Crippen LogP contribution in [0.2, 0.25) is 36.3 Å². The summed E-state index contributed by atoms with van der Waals surface area (Å²) in [4.78, 5) is 1.80. The number of benzene rings is 1. The van der Waals surface area contributed by atoms with Gasteiger partial charge in [0, 0.05) is 0 Å². The average molecular weight is 449 g/mol. The molecule has 1 aromatic carbocycles. The molecule has 0 bridgehead atoms. The lowest BCUT2D eigenvalue weighted by Crippen LogP contribution is -2.51. The Labute approximate surface area is 189 Å². The van der Waals surface area contributed by atoms with Gasteiger partial charge in [-0.1, -0.05) is 133 Å². The largest absolute Gasteiger partial charge is 0.390 e. The fourth-order valence-electron chi connectivity index (χ4n) is 5.11. The first-order chi connectivity index (χ1) is 14.3. The van der Waals surface area contributed by atoms with Crippen molar-refractivity contribution < 1.29 is 9.84 Å². The molecular formula is C26H48O2Si2. The van der Waals surface area contributed by atoms with E-state index in [9.17, 15) is 5.11 Å². The molecule has 0 spiro atoms. The Morgan fingerprint density at radius 1 is 0.833 bits per heavy atom. The standard InChI is InChI=1S/C26H48O2Si2/c1-9-29(10-2,11-3)25(30(12-4,13-5)14-6)20-24(26(27)22(7)8)28-21-23-18-16-15-17-19-23/h15-20,22,24,26-27H,9-14,21H2,1-8H3/t24-,26-/m1/s1. The van der Waals surface area contributed by atoms with Gasteiger partial charge < -0.3 is 9.84 Å². The zero-order valence-electron chi connectivity index (χ0n) is 21.0. The molecule has 0 unspecified atom stereocenters. The number of hydrogen-bond donors (Lipinski definition) is 1. The molecule has 2 nitrogen and oxygen atoms in total. The Hall–Kier alpha value is -0.686. The van der Waals surface area contributed by atoms with Crippen LogP contribution in [0, 0.1) is 5.92 Å². The second kappa shape index (κ2) is 13.0. The van der Waals surface area contributed by atoms with E-state index in [1.165, 1.54) is 41.8 Å². The lowest BCUT2D eigenvalue weighted by molar-refractivity contribution is -0.0379. The lowest BCUT2D eigenvalue weighted by atomic mass is 10.0. The normalized spacial score (nSPS) is 14.6. The molecule has 0 saturated heterocycles. The molecular weight excluding hydrogens is 400 g/mol. The van der Waals surface area contributed by atoms with Crippen LogP contribution in [0.15, 0.2) is 41.2 Å². The van der Waals surface area contributed by atoms with Crippen LogP contribution >= 0.6 is 0 Å². The summed E-state index contributed by atoms with van der Waals surface area (Å²) in [6.45, 7) is 19.2. The van der Waals surface area contributed by atoms with Gasteiger partial charge >= 0.3 is 0 Å². The summed E-state index contributed by atoms with van der Waals surface area (Å²) in [6, 6.07) is 18.1. The first-order valence-corrected chi connectivity index (χ1v) is 17.6. The molecule has 0 aromatic heterocycles. The smallest absolute Gasteiger partial charge is 0.102 e. The van der Waals surface area contributed by atoms with Crippen molar-refractivity contribution in [1.29, 1.82) is 0 Å². The van der Waals surface area contributed by atoms with Gasteiger partial charge in [-0.05, 0) is 11.5 Å². The van der Waals surface area contributed by atoms with Gasteiger partial charge in [0.2, 0.25) is 0 Å². The SMILES string of the molecule is CC[Si](CC)(CC)C(=C[C@@H](OCc1ccccc1)[C@H](O)C(C)C)[Si](CC)(CC)CC. The minimum Gasteiger partial charge on any atom is -0.390 e. The van der Waals surface area contributed by atoms with Gasteiger partial charge in [0.1, 0.15) is 6.10 Å². The van der Waals surface area contributed by atoms with Gasteiger partial charge in [0.25, 0.3) is 0 Å². The van der Waals surface area contributed by atoms with E-state index < -0.39 is 22.3 Å². The second-order valence-corrected chi connectivity index (χ2v) is 20.2. The summed E-state index contributed by atoms with van der Waals surface area (Å²) in [5.74, 6) is 0.171. The molecule has 4 heteroatoms. The highest BCUT2D eigenvalue weighted by atomic mass is 28.4. The van der Waals surface area contributed by atoms with Crippen LogP contribution in [-0.2, 0) is 11.3 Å². The van der Waals surface area contributed by atoms with E-state index in [1.807, 2.05) is 6.07 Å². The third-order valence-corrected chi connectivity index (χ3v) is 21.8. The van der Waals surface area contributed by atoms with Crippen molar-refractivity contribution in [2.45, 2.75) is 110 Å². The average Bonchev–Trinajstić information content (AvgIpc) is 2.79. The van der Waals surface area contributed by atoms with Gasteiger partial charge in [-0.15, -0.1) is 0 Å². The molecule has 1 aromatic rings. The van der Waals surface area contributed by atoms with Crippen molar-refractivity contribution in [2.75, 3.05) is 0 Å². The Morgan fingerprint density at radius 2 is 1.27 bits per heavy atom. The minimum atomic E-state index is -1.57. The third-order valence-electron chi connectivity index (χ3n) is 7.84. The number of aliphatic hydroxyl groups is 1. The summed E-state index contributed by atoms with van der Waals surface area (Å²) in [5, 5.41) is 11.1. The van der Waals surface area contributed by atoms with Crippen molar-refractivity contribution in [1.82, 2.24) is 0 Å². The fourth-order valence-corrected chi connectivity index (χ4v) is 19.1. The van der Waals surface area contributed by atoms with E-state index in [2.05, 4.69) is 85.7 Å². The molecule has 0 radical (unpaired) electrons. The highest BCUT2D eigenvalue weighted by Gasteiger charge is 2.44. The molecule has 0 aliphatic rings. The maximum absolute atomic E-state index is 11.1. The summed E-state index contributed by atoms with van der Waals surface area (Å²) in [5.41, 5.74) is 1.17. The van der Waals surface area contributed by atoms with Gasteiger partial charge in [-0.2, -0.15) is 0 Å². The Morgan fingerprint density at radius 3 is 1.63 bits per heavy atom. The number of rotatable bonds is 14. The predicted molar refractivity (Wildman–Crippen MR) is 138 cm³/mol. The van der Waals surface area contributed by atoms with Crippen molar-refractivity contribution in [3.63, 3.8) is 0 Å². The van der Waals surface area contributed by atoms with E-state index in [0.29, 0.717) is 6.61 Å². The van der Waals surface area contributed by atoms with Crippen molar-refractivity contribution in [3.05, 3.63) is 46.8 Å². The Balaban J connectivity index is 3.52. The molecule has 0 saturated carbocycles. The van der Waals surface area contributed by atoms with Crippen LogP contribution in [0.1, 0.15) is 61.0 Å². The zero-order chi connectivity index (χ0) is 22.8. The van der Waals surface area contributed by atoms with E-state index in [1.54, 1.807) is 4.82 Å². The minimum absolute atomic E-state index is 0.171. The van der Waals surface area contributed by atoms with Crippen LogP contribution in [0.25, 0.3) is 0 Å². The van der Waals surface area contributed by atoms with Crippen molar-refractivity contribution >= 4 is 16.1 Å². The highest BCUT2D eigenvalue weighted by molar-refractivity contribution is 7.07. The molecule has 0 fully saturated rings. The van der Waals surface area contributed by atoms with Gasteiger partial charge in [-0.3, -0.25) is 0 Å². The van der Waals surface area contributed by atoms with Crippen LogP contribution in [0.5, 0.6) is 0 Å². The fraction of sp³-hybridized carbons (Fsp3) is 0.692. The summed E-state index contributed by atoms with van der Waals surface area (Å²) in [6.07, 6.45) is 1.77. The molecule has 30 heavy (non-hydrogen) atoms. The van der Waals surface area contributed by atoms with E-state index >= 15 is 0 Å². The lowest BCUT2D eigenvalue weighted by Gasteiger charge is -2.44. The van der Waals surface area contributed by atoms with Crippen LogP contribution in [0.4, 0.5) is 0 Å². The first kappa shape index (κ1) is 27.3. The van der Waals surface area contributed by atoms with Gasteiger partial charge in [0.05, 0.1) is 28.9 Å². The maximum Gasteiger partial charge on any atom is 0.102 e. The van der Waals surface area contributed by atoms with E-state index in [-0.39, 0.29) is 12.0 Å². The third kappa shape index (κ3) is 6.41. The summed E-state index contributed by atoms with van der Waals surface area (Å²) in [7, 11) is -3.13. The number of hydrogen-bond acceptors (Lipinski definition) is 2. The molecule has 0 aliphatic heterocycles. The molecule has 0 amide bonds. The molecule has 172 valence electrons. The van der Waals surface area contributed by atoms with Crippen molar-refractivity contribution in [2.24, 2.45) is 5.92 Å². The Kier molecular flexibility index (Phi) is 11.8. The Bertz CT molecular complexity index is 581. The van der Waals surface area contributed by atoms with Crippen LogP contribution in [-0.4, -0.2) is 33.5 Å². The first-order valence-electron chi connectivity index (χ1n) is 12.4. The maximum atomic E-state index is 11.1. The zero-order valence-corrected chi connectivity index (χ0v) is 23.0. The molecule has 0 aliphatic carbocycles. The van der Waals surface area contributed by atoms with E-state index in [0.717, 1.165) is 0 Å². The molecule has 2 atom stereocenters. The predicted octanol–water partition coefficient (Wildman–Crippen LogP) is 7.61. The second-order valence-electron chi connectivity index (χ2n) is 9.26. The summed E-state index contributed by atoms with van der Waals surface area (Å²) >= 11 is 0. The van der Waals surface area contributed by atoms with E-state index in [4.69, 9.17) is 4.74 Å². The van der Waals surface area contributed by atoms with Gasteiger partial charge in [-0.25, -0.2) is 0 Å². The number of ether oxygens (including phenoxy) is 1. The van der Waals surface area contributed by atoms with Crippen LogP contribution < -0.4 is 0 Å². The monoisotopic (exact) mass is 448 g/mol. The van der Waals surface area contributed by atoms with Crippen molar-refractivity contribution in [3.8, 4) is 0 Å². The number of aliphatic hydroxyl groups excluding tert-OH is 1. The van der Waals surface area contributed by atoms with Gasteiger partial charge in [0.15, 0.2) is 0 Å². The summed E-state index contributed by atoms with van der Waals surface area (Å²) < 4.78 is 6.46. The molecule has 0 heterocycles. The quantitative estimate of drug-likeness (QED) is 0.297. The topological polar surface area (TPSA) is 29.5 Å². The molecule has 1 rings (SSSR count). The molecule has 1 N–H and O–H groups in total.